The first-order valence-electron chi connectivity index (χ1n) is 8.51. The smallest absolute Gasteiger partial charge is 0.332 e. The highest BCUT2D eigenvalue weighted by atomic mass is 16.2. The third-order valence-electron chi connectivity index (χ3n) is 3.65. The number of hydrogen-bond donors (Lipinski definition) is 2. The highest BCUT2D eigenvalue weighted by Crippen LogP contribution is 2.07. The molecule has 3 N–H and O–H groups in total. The van der Waals surface area contributed by atoms with Crippen molar-refractivity contribution < 1.29 is 9.59 Å². The zero-order chi connectivity index (χ0) is 20.2. The van der Waals surface area contributed by atoms with Gasteiger partial charge < -0.3 is 11.1 Å². The summed E-state index contributed by atoms with van der Waals surface area (Å²) in [6.07, 6.45) is 0.628. The summed E-state index contributed by atoms with van der Waals surface area (Å²) in [5.41, 5.74) is 4.06. The molecule has 0 aliphatic rings. The normalized spacial score (nSPS) is 11.7. The molecule has 0 aliphatic carbocycles. The molecule has 9 nitrogen and oxygen atoms in total. The van der Waals surface area contributed by atoms with Crippen molar-refractivity contribution in [3.05, 3.63) is 26.4 Å². The van der Waals surface area contributed by atoms with Crippen LogP contribution in [0, 0.1) is 0 Å². The van der Waals surface area contributed by atoms with Crippen LogP contribution in [0.3, 0.4) is 0 Å². The van der Waals surface area contributed by atoms with Gasteiger partial charge in [-0.25, -0.2) is 4.79 Å². The number of anilines is 1. The zero-order valence-corrected chi connectivity index (χ0v) is 16.4. The van der Waals surface area contributed by atoms with Gasteiger partial charge in [-0.15, -0.1) is 0 Å². The molecule has 0 spiro atoms. The average molecular weight is 367 g/mol. The van der Waals surface area contributed by atoms with Gasteiger partial charge in [-0.3, -0.25) is 28.4 Å². The summed E-state index contributed by atoms with van der Waals surface area (Å²) in [5, 5.41) is 2.80. The molecule has 0 saturated carbocycles. The van der Waals surface area contributed by atoms with Gasteiger partial charge in [0, 0.05) is 19.1 Å². The van der Waals surface area contributed by atoms with Crippen molar-refractivity contribution in [3.63, 3.8) is 0 Å². The second-order valence-corrected chi connectivity index (χ2v) is 7.45. The molecule has 1 rings (SSSR count). The van der Waals surface area contributed by atoms with E-state index < -0.39 is 17.0 Å². The lowest BCUT2D eigenvalue weighted by Gasteiger charge is -2.23. The van der Waals surface area contributed by atoms with E-state index in [2.05, 4.69) is 5.32 Å². The Kier molecular flexibility index (Phi) is 6.91. The maximum Gasteiger partial charge on any atom is 0.332 e. The molecule has 26 heavy (non-hydrogen) atoms. The van der Waals surface area contributed by atoms with E-state index in [1.54, 1.807) is 7.05 Å². The van der Waals surface area contributed by atoms with E-state index in [-0.39, 0.29) is 35.9 Å². The Morgan fingerprint density at radius 2 is 1.77 bits per heavy atom. The van der Waals surface area contributed by atoms with Crippen molar-refractivity contribution in [2.24, 2.45) is 7.05 Å². The maximum atomic E-state index is 12.6. The fourth-order valence-electron chi connectivity index (χ4n) is 2.57. The standard InChI is InChI=1S/C17H29N5O4/c1-7-8-22-14(18)13(15(25)21(6)16(22)26)11(23)9-20(5)10-12(24)19-17(2,3)4/h7-10,18H2,1-6H3,(H,19,24). The van der Waals surface area contributed by atoms with Gasteiger partial charge in [0.25, 0.3) is 5.56 Å². The van der Waals surface area contributed by atoms with Crippen LogP contribution >= 0.6 is 0 Å². The summed E-state index contributed by atoms with van der Waals surface area (Å²) in [4.78, 5) is 50.6. The lowest BCUT2D eigenvalue weighted by Crippen LogP contribution is -2.47. The molecule has 1 aromatic heterocycles. The number of carbonyl (C=O) groups excluding carboxylic acids is 2. The molecule has 146 valence electrons. The molecule has 0 fully saturated rings. The van der Waals surface area contributed by atoms with Crippen LogP contribution in [0.15, 0.2) is 9.59 Å². The van der Waals surface area contributed by atoms with E-state index in [9.17, 15) is 19.2 Å². The van der Waals surface area contributed by atoms with Gasteiger partial charge >= 0.3 is 5.69 Å². The fraction of sp³-hybridized carbons (Fsp3) is 0.647. The Hall–Kier alpha value is -2.42. The van der Waals surface area contributed by atoms with E-state index >= 15 is 0 Å². The van der Waals surface area contributed by atoms with Crippen molar-refractivity contribution in [3.8, 4) is 0 Å². The summed E-state index contributed by atoms with van der Waals surface area (Å²) in [6.45, 7) is 7.58. The lowest BCUT2D eigenvalue weighted by molar-refractivity contribution is -0.123. The zero-order valence-electron chi connectivity index (χ0n) is 16.4. The number of nitrogens with zero attached hydrogens (tertiary/aromatic N) is 3. The minimum Gasteiger partial charge on any atom is -0.384 e. The van der Waals surface area contributed by atoms with Crippen molar-refractivity contribution in [2.45, 2.75) is 46.2 Å². The fourth-order valence-corrected chi connectivity index (χ4v) is 2.57. The molecular formula is C17H29N5O4. The van der Waals surface area contributed by atoms with Gasteiger partial charge in [0.05, 0.1) is 13.1 Å². The number of Topliss-reactive ketones (excluding diaryl/α,β-unsaturated/α-hetero) is 1. The van der Waals surface area contributed by atoms with Crippen LogP contribution in [-0.2, 0) is 18.4 Å². The predicted molar refractivity (Wildman–Crippen MR) is 100 cm³/mol. The highest BCUT2D eigenvalue weighted by Gasteiger charge is 2.23. The van der Waals surface area contributed by atoms with Crippen LogP contribution in [0.1, 0.15) is 44.5 Å². The monoisotopic (exact) mass is 367 g/mol. The summed E-state index contributed by atoms with van der Waals surface area (Å²) < 4.78 is 2.10. The van der Waals surface area contributed by atoms with Crippen LogP contribution in [0.5, 0.6) is 0 Å². The molecule has 1 heterocycles. The summed E-state index contributed by atoms with van der Waals surface area (Å²) in [7, 11) is 2.91. The average Bonchev–Trinajstić information content (AvgIpc) is 2.47. The second-order valence-electron chi connectivity index (χ2n) is 7.45. The molecule has 0 unspecified atom stereocenters. The largest absolute Gasteiger partial charge is 0.384 e. The SMILES string of the molecule is CCCn1c(N)c(C(=O)CN(C)CC(=O)NC(C)(C)C)c(=O)n(C)c1=O. The lowest BCUT2D eigenvalue weighted by atomic mass is 10.1. The van der Waals surface area contributed by atoms with Gasteiger partial charge in [0.1, 0.15) is 11.4 Å². The van der Waals surface area contributed by atoms with Gasteiger partial charge in [-0.2, -0.15) is 0 Å². The number of carbonyl (C=O) groups is 2. The van der Waals surface area contributed by atoms with E-state index in [1.807, 2.05) is 27.7 Å². The van der Waals surface area contributed by atoms with Gasteiger partial charge in [0.2, 0.25) is 5.91 Å². The number of nitrogen functional groups attached to an aromatic ring is 1. The Morgan fingerprint density at radius 3 is 2.27 bits per heavy atom. The number of rotatable bonds is 7. The Labute approximate surface area is 152 Å². The second kappa shape index (κ2) is 8.31. The minimum absolute atomic E-state index is 0.00215. The first-order chi connectivity index (χ1) is 11.9. The number of likely N-dealkylation sites (N-methyl/N-ethyl adjacent to an activating group) is 1. The van der Waals surface area contributed by atoms with Crippen molar-refractivity contribution in [1.82, 2.24) is 19.4 Å². The molecule has 0 saturated heterocycles. The van der Waals surface area contributed by atoms with Crippen molar-refractivity contribution in [1.29, 1.82) is 0 Å². The number of ketones is 1. The first kappa shape index (κ1) is 21.6. The third kappa shape index (κ3) is 5.29. The number of hydrogen-bond acceptors (Lipinski definition) is 6. The van der Waals surface area contributed by atoms with Crippen LogP contribution in [0.4, 0.5) is 5.82 Å². The summed E-state index contributed by atoms with van der Waals surface area (Å²) in [5.74, 6) is -0.888. The van der Waals surface area contributed by atoms with Crippen LogP contribution in [0.2, 0.25) is 0 Å². The van der Waals surface area contributed by atoms with E-state index in [0.29, 0.717) is 13.0 Å². The number of nitrogens with one attached hydrogen (secondary N) is 1. The van der Waals surface area contributed by atoms with Crippen LogP contribution in [-0.4, -0.2) is 51.4 Å². The van der Waals surface area contributed by atoms with Crippen molar-refractivity contribution in [2.75, 3.05) is 25.9 Å². The summed E-state index contributed by atoms with van der Waals surface area (Å²) >= 11 is 0. The molecule has 0 radical (unpaired) electrons. The summed E-state index contributed by atoms with van der Waals surface area (Å²) in [6, 6.07) is 0. The number of nitrogens with two attached hydrogens (primary N) is 1. The Bertz CT molecular complexity index is 801. The van der Waals surface area contributed by atoms with E-state index in [4.69, 9.17) is 5.73 Å². The Morgan fingerprint density at radius 1 is 1.19 bits per heavy atom. The molecule has 1 aromatic rings. The molecule has 0 bridgehead atoms. The Balaban J connectivity index is 3.06. The van der Waals surface area contributed by atoms with Crippen LogP contribution in [0.25, 0.3) is 0 Å². The molecule has 0 aromatic carbocycles. The molecule has 0 atom stereocenters. The van der Waals surface area contributed by atoms with Crippen molar-refractivity contribution >= 4 is 17.5 Å². The number of amides is 1. The highest BCUT2D eigenvalue weighted by molar-refractivity contribution is 6.01. The topological polar surface area (TPSA) is 119 Å². The molecule has 9 heteroatoms. The first-order valence-corrected chi connectivity index (χ1v) is 8.51. The predicted octanol–water partition coefficient (Wildman–Crippen LogP) is -0.432. The van der Waals surface area contributed by atoms with Crippen LogP contribution < -0.4 is 22.3 Å². The van der Waals surface area contributed by atoms with Gasteiger partial charge in [0.15, 0.2) is 5.78 Å². The van der Waals surface area contributed by atoms with E-state index in [1.165, 1.54) is 16.5 Å². The third-order valence-corrected chi connectivity index (χ3v) is 3.65. The molecule has 0 aliphatic heterocycles. The van der Waals surface area contributed by atoms with Gasteiger partial charge in [-0.05, 0) is 34.2 Å². The molecule has 1 amide bonds. The molecular weight excluding hydrogens is 338 g/mol. The minimum atomic E-state index is -0.725. The van der Waals surface area contributed by atoms with Gasteiger partial charge in [-0.1, -0.05) is 6.92 Å². The van der Waals surface area contributed by atoms with E-state index in [0.717, 1.165) is 4.57 Å². The quantitative estimate of drug-likeness (QED) is 0.631. The maximum absolute atomic E-state index is 12.6. The number of aromatic nitrogens is 2.